The number of halogens is 1. The summed E-state index contributed by atoms with van der Waals surface area (Å²) in [5, 5.41) is 0. The van der Waals surface area contributed by atoms with E-state index in [4.69, 9.17) is 4.74 Å². The first kappa shape index (κ1) is 16.0. The molecule has 0 unspecified atom stereocenters. The van der Waals surface area contributed by atoms with Crippen molar-refractivity contribution in [2.45, 2.75) is 38.8 Å². The van der Waals surface area contributed by atoms with Gasteiger partial charge >= 0.3 is 6.09 Å². The van der Waals surface area contributed by atoms with E-state index in [1.165, 1.54) is 17.0 Å². The van der Waals surface area contributed by atoms with Crippen LogP contribution in [-0.4, -0.2) is 40.1 Å². The minimum Gasteiger partial charge on any atom is -0.444 e. The molecular formula is C14H19FN4O3. The average molecular weight is 310 g/mol. The molecule has 1 atom stereocenters. The molecule has 22 heavy (non-hydrogen) atoms. The molecule has 1 fully saturated rings. The van der Waals surface area contributed by atoms with Crippen molar-refractivity contribution >= 4 is 17.8 Å². The van der Waals surface area contributed by atoms with Gasteiger partial charge in [0.25, 0.3) is 5.91 Å². The molecule has 120 valence electrons. The number of hydrazine groups is 1. The lowest BCUT2D eigenvalue weighted by Crippen LogP contribution is -2.59. The highest BCUT2D eigenvalue weighted by Gasteiger charge is 2.39. The second-order valence-electron chi connectivity index (χ2n) is 5.95. The van der Waals surface area contributed by atoms with Gasteiger partial charge in [0.15, 0.2) is 0 Å². The number of likely N-dealkylation sites (tertiary alicyclic amines) is 1. The van der Waals surface area contributed by atoms with Gasteiger partial charge in [0, 0.05) is 6.54 Å². The summed E-state index contributed by atoms with van der Waals surface area (Å²) in [7, 11) is 0. The van der Waals surface area contributed by atoms with Crippen LogP contribution in [0, 0.1) is 5.82 Å². The highest BCUT2D eigenvalue weighted by Crippen LogP contribution is 2.21. The van der Waals surface area contributed by atoms with Gasteiger partial charge in [0.05, 0.1) is 6.20 Å². The van der Waals surface area contributed by atoms with Crippen LogP contribution in [0.3, 0.4) is 0 Å². The number of amides is 2. The van der Waals surface area contributed by atoms with Crippen LogP contribution in [0.15, 0.2) is 18.3 Å². The molecule has 2 heterocycles. The fourth-order valence-corrected chi connectivity index (χ4v) is 1.86. The van der Waals surface area contributed by atoms with Gasteiger partial charge in [-0.2, -0.15) is 0 Å². The van der Waals surface area contributed by atoms with E-state index < -0.39 is 23.6 Å². The number of pyridine rings is 1. The van der Waals surface area contributed by atoms with Gasteiger partial charge in [0.1, 0.15) is 23.3 Å². The SMILES string of the molecule is CC(C)(C)OC(=O)N1CC[C@H]1C(=O)NNc1ccc(F)cn1. The highest BCUT2D eigenvalue weighted by molar-refractivity contribution is 5.87. The molecule has 0 aliphatic carbocycles. The smallest absolute Gasteiger partial charge is 0.410 e. The normalized spacial score (nSPS) is 17.5. The van der Waals surface area contributed by atoms with Crippen molar-refractivity contribution < 1.29 is 18.7 Å². The lowest BCUT2D eigenvalue weighted by molar-refractivity contribution is -0.130. The molecule has 0 aromatic carbocycles. The van der Waals surface area contributed by atoms with E-state index in [-0.39, 0.29) is 5.91 Å². The molecule has 0 spiro atoms. The minimum absolute atomic E-state index is 0.304. The summed E-state index contributed by atoms with van der Waals surface area (Å²) in [5.74, 6) is -0.534. The van der Waals surface area contributed by atoms with E-state index in [2.05, 4.69) is 15.8 Å². The Balaban J connectivity index is 1.85. The van der Waals surface area contributed by atoms with E-state index in [9.17, 15) is 14.0 Å². The summed E-state index contributed by atoms with van der Waals surface area (Å²) < 4.78 is 17.9. The number of ether oxygens (including phenoxy) is 1. The number of hydrogen-bond acceptors (Lipinski definition) is 5. The monoisotopic (exact) mass is 310 g/mol. The predicted molar refractivity (Wildman–Crippen MR) is 77.3 cm³/mol. The summed E-state index contributed by atoms with van der Waals surface area (Å²) in [4.78, 5) is 29.0. The van der Waals surface area contributed by atoms with E-state index in [0.29, 0.717) is 18.8 Å². The van der Waals surface area contributed by atoms with Crippen LogP contribution in [0.1, 0.15) is 27.2 Å². The van der Waals surface area contributed by atoms with Gasteiger partial charge in [-0.25, -0.2) is 14.2 Å². The Morgan fingerprint density at radius 1 is 1.41 bits per heavy atom. The van der Waals surface area contributed by atoms with Gasteiger partial charge < -0.3 is 4.74 Å². The second-order valence-corrected chi connectivity index (χ2v) is 5.95. The minimum atomic E-state index is -0.607. The number of anilines is 1. The number of carbonyl (C=O) groups excluding carboxylic acids is 2. The zero-order valence-electron chi connectivity index (χ0n) is 12.7. The molecular weight excluding hydrogens is 291 g/mol. The lowest BCUT2D eigenvalue weighted by Gasteiger charge is -2.40. The zero-order chi connectivity index (χ0) is 16.3. The number of hydrogen-bond donors (Lipinski definition) is 2. The maximum atomic E-state index is 12.7. The van der Waals surface area contributed by atoms with Crippen molar-refractivity contribution in [2.24, 2.45) is 0 Å². The summed E-state index contributed by atoms with van der Waals surface area (Å²) >= 11 is 0. The summed E-state index contributed by atoms with van der Waals surface area (Å²) in [6.45, 7) is 5.77. The average Bonchev–Trinajstić information content (AvgIpc) is 2.34. The summed E-state index contributed by atoms with van der Waals surface area (Å²) in [6, 6.07) is 2.03. The van der Waals surface area contributed by atoms with Gasteiger partial charge in [-0.15, -0.1) is 0 Å². The first-order valence-corrected chi connectivity index (χ1v) is 6.93. The standard InChI is InChI=1S/C14H19FN4O3/c1-14(2,3)22-13(21)19-7-6-10(19)12(20)18-17-11-5-4-9(15)8-16-11/h4-5,8,10H,6-7H2,1-3H3,(H,16,17)(H,18,20)/t10-/m0/s1. The van der Waals surface area contributed by atoms with E-state index in [1.807, 2.05) is 0 Å². The molecule has 0 saturated carbocycles. The molecule has 2 amide bonds. The third kappa shape index (κ3) is 4.06. The highest BCUT2D eigenvalue weighted by atomic mass is 19.1. The third-order valence-corrected chi connectivity index (χ3v) is 2.99. The largest absolute Gasteiger partial charge is 0.444 e. The first-order chi connectivity index (χ1) is 10.3. The second kappa shape index (κ2) is 6.17. The van der Waals surface area contributed by atoms with Crippen LogP contribution in [0.25, 0.3) is 0 Å². The van der Waals surface area contributed by atoms with Gasteiger partial charge in [-0.1, -0.05) is 0 Å². The summed E-state index contributed by atoms with van der Waals surface area (Å²) in [6.07, 6.45) is 1.08. The Kier molecular flexibility index (Phi) is 4.48. The van der Waals surface area contributed by atoms with Crippen LogP contribution < -0.4 is 10.9 Å². The van der Waals surface area contributed by atoms with E-state index in [1.54, 1.807) is 20.8 Å². The molecule has 7 nitrogen and oxygen atoms in total. The molecule has 1 aromatic heterocycles. The van der Waals surface area contributed by atoms with Crippen molar-refractivity contribution in [2.75, 3.05) is 12.0 Å². The van der Waals surface area contributed by atoms with Crippen molar-refractivity contribution in [3.05, 3.63) is 24.1 Å². The predicted octanol–water partition coefficient (Wildman–Crippen LogP) is 1.67. The quantitative estimate of drug-likeness (QED) is 0.830. The molecule has 1 aliphatic rings. The summed E-state index contributed by atoms with van der Waals surface area (Å²) in [5.41, 5.74) is 4.41. The van der Waals surface area contributed by atoms with Crippen LogP contribution in [0.2, 0.25) is 0 Å². The molecule has 1 aromatic rings. The van der Waals surface area contributed by atoms with Gasteiger partial charge in [-0.3, -0.25) is 20.5 Å². The lowest BCUT2D eigenvalue weighted by atomic mass is 10.0. The van der Waals surface area contributed by atoms with Crippen LogP contribution in [-0.2, 0) is 9.53 Å². The van der Waals surface area contributed by atoms with Crippen molar-refractivity contribution in [3.63, 3.8) is 0 Å². The van der Waals surface area contributed by atoms with Crippen LogP contribution in [0.5, 0.6) is 0 Å². The Hall–Kier alpha value is -2.38. The van der Waals surface area contributed by atoms with Crippen LogP contribution in [0.4, 0.5) is 15.0 Å². The topological polar surface area (TPSA) is 83.6 Å². The van der Waals surface area contributed by atoms with E-state index >= 15 is 0 Å². The van der Waals surface area contributed by atoms with Crippen LogP contribution >= 0.6 is 0 Å². The molecule has 0 radical (unpaired) electrons. The number of carbonyl (C=O) groups is 2. The van der Waals surface area contributed by atoms with Crippen molar-refractivity contribution in [1.82, 2.24) is 15.3 Å². The first-order valence-electron chi connectivity index (χ1n) is 6.93. The molecule has 2 rings (SSSR count). The molecule has 1 aliphatic heterocycles. The van der Waals surface area contributed by atoms with Crippen molar-refractivity contribution in [3.8, 4) is 0 Å². The zero-order valence-corrected chi connectivity index (χ0v) is 12.7. The fraction of sp³-hybridized carbons (Fsp3) is 0.500. The molecule has 2 N–H and O–H groups in total. The third-order valence-electron chi connectivity index (χ3n) is 2.99. The number of nitrogens with zero attached hydrogens (tertiary/aromatic N) is 2. The molecule has 1 saturated heterocycles. The molecule has 0 bridgehead atoms. The van der Waals surface area contributed by atoms with Gasteiger partial charge in [0.2, 0.25) is 0 Å². The molecule has 8 heteroatoms. The van der Waals surface area contributed by atoms with Gasteiger partial charge in [-0.05, 0) is 39.3 Å². The number of rotatable bonds is 3. The number of nitrogens with one attached hydrogen (secondary N) is 2. The van der Waals surface area contributed by atoms with Crippen molar-refractivity contribution in [1.29, 1.82) is 0 Å². The Morgan fingerprint density at radius 3 is 2.64 bits per heavy atom. The Morgan fingerprint density at radius 2 is 2.14 bits per heavy atom. The maximum Gasteiger partial charge on any atom is 0.410 e. The van der Waals surface area contributed by atoms with E-state index in [0.717, 1.165) is 6.20 Å². The number of aromatic nitrogens is 1. The maximum absolute atomic E-state index is 12.7. The Labute approximate surface area is 127 Å². The Bertz CT molecular complexity index is 556. The fourth-order valence-electron chi connectivity index (χ4n) is 1.86.